The van der Waals surface area contributed by atoms with E-state index in [2.05, 4.69) is 70.8 Å². The van der Waals surface area contributed by atoms with Gasteiger partial charge in [0.05, 0.1) is 6.04 Å². The van der Waals surface area contributed by atoms with Crippen molar-refractivity contribution in [2.75, 3.05) is 5.32 Å². The highest BCUT2D eigenvalue weighted by Gasteiger charge is 2.08. The zero-order chi connectivity index (χ0) is 11.5. The Hall–Kier alpha value is -0.800. The van der Waals surface area contributed by atoms with Gasteiger partial charge in [0.1, 0.15) is 0 Å². The number of anilines is 1. The molecule has 2 rings (SSSR count). The summed E-state index contributed by atoms with van der Waals surface area (Å²) >= 11 is 5.26. The molecule has 0 aliphatic carbocycles. The average Bonchev–Trinajstić information content (AvgIpc) is 2.68. The minimum Gasteiger partial charge on any atom is -0.377 e. The van der Waals surface area contributed by atoms with Gasteiger partial charge in [0.15, 0.2) is 0 Å². The van der Waals surface area contributed by atoms with Gasteiger partial charge in [0, 0.05) is 20.4 Å². The normalized spacial score (nSPS) is 12.4. The second-order valence-corrected chi connectivity index (χ2v) is 5.71. The standard InChI is InChI=1S/C13H14BrNS/c1-9-5-3-4-6-12(9)15-10(2)13-7-11(14)8-16-13/h3-8,10,15H,1-2H3. The van der Waals surface area contributed by atoms with E-state index in [-0.39, 0.29) is 0 Å². The molecular weight excluding hydrogens is 282 g/mol. The fourth-order valence-electron chi connectivity index (χ4n) is 1.59. The van der Waals surface area contributed by atoms with Crippen LogP contribution in [0.2, 0.25) is 0 Å². The van der Waals surface area contributed by atoms with Gasteiger partial charge in [-0.25, -0.2) is 0 Å². The number of benzene rings is 1. The molecule has 0 radical (unpaired) electrons. The third-order valence-electron chi connectivity index (χ3n) is 2.53. The maximum atomic E-state index is 3.53. The number of para-hydroxylation sites is 1. The second kappa shape index (κ2) is 5.02. The quantitative estimate of drug-likeness (QED) is 0.841. The van der Waals surface area contributed by atoms with Crippen LogP contribution in [0.4, 0.5) is 5.69 Å². The molecule has 84 valence electrons. The Morgan fingerprint density at radius 2 is 2.06 bits per heavy atom. The predicted octanol–water partition coefficient (Wildman–Crippen LogP) is 4.99. The Labute approximate surface area is 109 Å². The van der Waals surface area contributed by atoms with Crippen LogP contribution < -0.4 is 5.32 Å². The lowest BCUT2D eigenvalue weighted by molar-refractivity contribution is 0.905. The third-order valence-corrected chi connectivity index (χ3v) is 4.41. The lowest BCUT2D eigenvalue weighted by Crippen LogP contribution is -2.05. The first-order chi connectivity index (χ1) is 7.66. The lowest BCUT2D eigenvalue weighted by atomic mass is 10.2. The SMILES string of the molecule is Cc1ccccc1NC(C)c1cc(Br)cs1. The highest BCUT2D eigenvalue weighted by atomic mass is 79.9. The number of hydrogen-bond donors (Lipinski definition) is 1. The van der Waals surface area contributed by atoms with E-state index in [0.29, 0.717) is 6.04 Å². The van der Waals surface area contributed by atoms with E-state index in [4.69, 9.17) is 0 Å². The minimum absolute atomic E-state index is 0.345. The Morgan fingerprint density at radius 1 is 1.31 bits per heavy atom. The zero-order valence-corrected chi connectivity index (χ0v) is 11.7. The van der Waals surface area contributed by atoms with Gasteiger partial charge in [0.2, 0.25) is 0 Å². The van der Waals surface area contributed by atoms with Crippen molar-refractivity contribution in [1.82, 2.24) is 0 Å². The van der Waals surface area contributed by atoms with E-state index in [1.807, 2.05) is 0 Å². The first kappa shape index (κ1) is 11.7. The molecule has 0 spiro atoms. The van der Waals surface area contributed by atoms with Crippen molar-refractivity contribution in [2.24, 2.45) is 0 Å². The first-order valence-electron chi connectivity index (χ1n) is 5.23. The summed E-state index contributed by atoms with van der Waals surface area (Å²) in [5.41, 5.74) is 2.49. The summed E-state index contributed by atoms with van der Waals surface area (Å²) in [4.78, 5) is 1.34. The van der Waals surface area contributed by atoms with Gasteiger partial charge in [-0.05, 0) is 47.5 Å². The Bertz CT molecular complexity index is 478. The molecule has 0 saturated heterocycles. The molecule has 1 N–H and O–H groups in total. The van der Waals surface area contributed by atoms with Crippen molar-refractivity contribution in [3.05, 3.63) is 50.6 Å². The molecule has 3 heteroatoms. The molecule has 1 unspecified atom stereocenters. The number of rotatable bonds is 3. The van der Waals surface area contributed by atoms with Crippen molar-refractivity contribution in [1.29, 1.82) is 0 Å². The largest absolute Gasteiger partial charge is 0.377 e. The molecule has 1 aromatic heterocycles. The molecule has 2 aromatic rings. The highest BCUT2D eigenvalue weighted by molar-refractivity contribution is 9.10. The number of hydrogen-bond acceptors (Lipinski definition) is 2. The fraction of sp³-hybridized carbons (Fsp3) is 0.231. The topological polar surface area (TPSA) is 12.0 Å². The van der Waals surface area contributed by atoms with Gasteiger partial charge in [-0.3, -0.25) is 0 Å². The van der Waals surface area contributed by atoms with E-state index >= 15 is 0 Å². The molecule has 0 aliphatic heterocycles. The van der Waals surface area contributed by atoms with Crippen LogP contribution in [0.25, 0.3) is 0 Å². The molecule has 16 heavy (non-hydrogen) atoms. The predicted molar refractivity (Wildman–Crippen MR) is 75.2 cm³/mol. The molecule has 0 fully saturated rings. The molecule has 1 heterocycles. The summed E-state index contributed by atoms with van der Waals surface area (Å²) in [6.45, 7) is 4.31. The van der Waals surface area contributed by atoms with E-state index in [9.17, 15) is 0 Å². The Kier molecular flexibility index (Phi) is 3.66. The summed E-state index contributed by atoms with van der Waals surface area (Å²) in [6.07, 6.45) is 0. The van der Waals surface area contributed by atoms with Crippen LogP contribution in [0.15, 0.2) is 40.2 Å². The average molecular weight is 296 g/mol. The van der Waals surface area contributed by atoms with E-state index in [1.165, 1.54) is 16.1 Å². The number of nitrogens with one attached hydrogen (secondary N) is 1. The fourth-order valence-corrected chi connectivity index (χ4v) is 3.05. The number of thiophene rings is 1. The summed E-state index contributed by atoms with van der Waals surface area (Å²) in [6, 6.07) is 10.9. The minimum atomic E-state index is 0.345. The maximum absolute atomic E-state index is 3.53. The van der Waals surface area contributed by atoms with Crippen LogP contribution >= 0.6 is 27.3 Å². The van der Waals surface area contributed by atoms with Gasteiger partial charge in [0.25, 0.3) is 0 Å². The summed E-state index contributed by atoms with van der Waals surface area (Å²) in [7, 11) is 0. The molecule has 0 amide bonds. The maximum Gasteiger partial charge on any atom is 0.0578 e. The number of halogens is 1. The van der Waals surface area contributed by atoms with Gasteiger partial charge < -0.3 is 5.32 Å². The molecular formula is C13H14BrNS. The van der Waals surface area contributed by atoms with Crippen LogP contribution in [0.1, 0.15) is 23.4 Å². The van der Waals surface area contributed by atoms with Crippen LogP contribution in [0.3, 0.4) is 0 Å². The molecule has 1 nitrogen and oxygen atoms in total. The van der Waals surface area contributed by atoms with Crippen LogP contribution in [0, 0.1) is 6.92 Å². The summed E-state index contributed by atoms with van der Waals surface area (Å²) < 4.78 is 1.16. The van der Waals surface area contributed by atoms with Crippen molar-refractivity contribution >= 4 is 33.0 Å². The van der Waals surface area contributed by atoms with Crippen molar-refractivity contribution < 1.29 is 0 Å². The summed E-state index contributed by atoms with van der Waals surface area (Å²) in [5, 5.41) is 5.65. The van der Waals surface area contributed by atoms with Gasteiger partial charge in [-0.15, -0.1) is 11.3 Å². The zero-order valence-electron chi connectivity index (χ0n) is 9.33. The third kappa shape index (κ3) is 2.66. The van der Waals surface area contributed by atoms with Gasteiger partial charge >= 0.3 is 0 Å². The monoisotopic (exact) mass is 295 g/mol. The lowest BCUT2D eigenvalue weighted by Gasteiger charge is -2.15. The first-order valence-corrected chi connectivity index (χ1v) is 6.90. The Morgan fingerprint density at radius 3 is 2.69 bits per heavy atom. The van der Waals surface area contributed by atoms with E-state index in [1.54, 1.807) is 11.3 Å². The Balaban J connectivity index is 2.13. The van der Waals surface area contributed by atoms with Crippen molar-refractivity contribution in [3.8, 4) is 0 Å². The van der Waals surface area contributed by atoms with Gasteiger partial charge in [-0.1, -0.05) is 18.2 Å². The molecule has 1 aromatic carbocycles. The molecule has 0 bridgehead atoms. The summed E-state index contributed by atoms with van der Waals surface area (Å²) in [5.74, 6) is 0. The molecule has 0 saturated carbocycles. The van der Waals surface area contributed by atoms with E-state index < -0.39 is 0 Å². The van der Waals surface area contributed by atoms with Crippen LogP contribution in [0.5, 0.6) is 0 Å². The van der Waals surface area contributed by atoms with E-state index in [0.717, 1.165) is 4.47 Å². The highest BCUT2D eigenvalue weighted by Crippen LogP contribution is 2.28. The van der Waals surface area contributed by atoms with Crippen molar-refractivity contribution in [2.45, 2.75) is 19.9 Å². The molecule has 0 aliphatic rings. The van der Waals surface area contributed by atoms with Gasteiger partial charge in [-0.2, -0.15) is 0 Å². The smallest absolute Gasteiger partial charge is 0.0578 e. The second-order valence-electron chi connectivity index (χ2n) is 3.85. The van der Waals surface area contributed by atoms with Crippen LogP contribution in [-0.2, 0) is 0 Å². The van der Waals surface area contributed by atoms with Crippen LogP contribution in [-0.4, -0.2) is 0 Å². The molecule has 1 atom stereocenters. The van der Waals surface area contributed by atoms with Crippen molar-refractivity contribution in [3.63, 3.8) is 0 Å². The number of aryl methyl sites for hydroxylation is 1.